The zero-order valence-corrected chi connectivity index (χ0v) is 12.7. The smallest absolute Gasteiger partial charge is 0.326 e. The normalized spacial score (nSPS) is 21.5. The Morgan fingerprint density at radius 3 is 2.60 bits per heavy atom. The first-order chi connectivity index (χ1) is 9.25. The molecule has 0 bridgehead atoms. The first kappa shape index (κ1) is 16.8. The number of amides is 2. The second-order valence-corrected chi connectivity index (χ2v) is 6.79. The Labute approximate surface area is 123 Å². The van der Waals surface area contributed by atoms with Crippen molar-refractivity contribution >= 4 is 29.5 Å². The second kappa shape index (κ2) is 6.97. The van der Waals surface area contributed by atoms with Crippen LogP contribution in [0.3, 0.4) is 0 Å². The maximum Gasteiger partial charge on any atom is 0.326 e. The minimum absolute atomic E-state index is 0.165. The highest BCUT2D eigenvalue weighted by Crippen LogP contribution is 2.35. The third kappa shape index (κ3) is 4.40. The van der Waals surface area contributed by atoms with E-state index in [9.17, 15) is 19.5 Å². The molecule has 20 heavy (non-hydrogen) atoms. The van der Waals surface area contributed by atoms with Crippen LogP contribution in [0, 0.1) is 5.41 Å². The lowest BCUT2D eigenvalue weighted by atomic mass is 9.76. The third-order valence-corrected chi connectivity index (χ3v) is 4.51. The second-order valence-electron chi connectivity index (χ2n) is 5.69. The lowest BCUT2D eigenvalue weighted by molar-refractivity contribution is -0.158. The highest BCUT2D eigenvalue weighted by Gasteiger charge is 2.44. The van der Waals surface area contributed by atoms with Gasteiger partial charge in [0.1, 0.15) is 6.04 Å². The molecular formula is C13H22N2O4S. The van der Waals surface area contributed by atoms with E-state index in [1.807, 2.05) is 13.8 Å². The first-order valence-electron chi connectivity index (χ1n) is 6.64. The van der Waals surface area contributed by atoms with Gasteiger partial charge in [0.2, 0.25) is 11.8 Å². The quantitative estimate of drug-likeness (QED) is 0.703. The number of nitrogens with two attached hydrogens (primary N) is 1. The van der Waals surface area contributed by atoms with Crippen LogP contribution in [0.1, 0.15) is 33.1 Å². The molecule has 1 aliphatic heterocycles. The zero-order valence-electron chi connectivity index (χ0n) is 11.9. The molecule has 0 aromatic heterocycles. The largest absolute Gasteiger partial charge is 0.480 e. The minimum Gasteiger partial charge on any atom is -0.480 e. The fourth-order valence-corrected chi connectivity index (χ4v) is 3.27. The van der Waals surface area contributed by atoms with Crippen LogP contribution in [-0.4, -0.2) is 51.9 Å². The van der Waals surface area contributed by atoms with E-state index in [-0.39, 0.29) is 18.1 Å². The minimum atomic E-state index is -0.951. The summed E-state index contributed by atoms with van der Waals surface area (Å²) in [6, 6.07) is -0.773. The van der Waals surface area contributed by atoms with Crippen LogP contribution in [0.5, 0.6) is 0 Å². The first-order valence-corrected chi connectivity index (χ1v) is 7.79. The standard InChI is InChI=1S/C13H22N2O4S/c1-13(2)5-3-6-15(11(13)12(18)19)10(17)4-7-20-8-9(14)16/h11H,3-8H2,1-2H3,(H2,14,16)(H,18,19). The number of likely N-dealkylation sites (tertiary alicyclic amines) is 1. The Hall–Kier alpha value is -1.24. The lowest BCUT2D eigenvalue weighted by Gasteiger charge is -2.44. The lowest BCUT2D eigenvalue weighted by Crippen LogP contribution is -2.56. The Balaban J connectivity index is 2.60. The van der Waals surface area contributed by atoms with E-state index in [0.29, 0.717) is 12.3 Å². The molecule has 1 fully saturated rings. The van der Waals surface area contributed by atoms with E-state index in [2.05, 4.69) is 0 Å². The molecule has 1 atom stereocenters. The molecule has 1 saturated heterocycles. The van der Waals surface area contributed by atoms with Gasteiger partial charge in [-0.2, -0.15) is 11.8 Å². The Kier molecular flexibility index (Phi) is 5.86. The summed E-state index contributed by atoms with van der Waals surface area (Å²) in [4.78, 5) is 35.7. The number of nitrogens with zero attached hydrogens (tertiary/aromatic N) is 1. The monoisotopic (exact) mass is 302 g/mol. The summed E-state index contributed by atoms with van der Waals surface area (Å²) < 4.78 is 0. The number of hydrogen-bond acceptors (Lipinski definition) is 4. The molecule has 7 heteroatoms. The summed E-state index contributed by atoms with van der Waals surface area (Å²) in [5.74, 6) is -0.869. The molecule has 1 unspecified atom stereocenters. The number of carbonyl (C=O) groups is 3. The van der Waals surface area contributed by atoms with Gasteiger partial charge in [0.25, 0.3) is 0 Å². The fraction of sp³-hybridized carbons (Fsp3) is 0.769. The maximum absolute atomic E-state index is 12.2. The number of primary amides is 1. The van der Waals surface area contributed by atoms with Gasteiger partial charge in [-0.25, -0.2) is 4.79 Å². The van der Waals surface area contributed by atoms with Crippen LogP contribution in [0.4, 0.5) is 0 Å². The number of aliphatic carboxylic acids is 1. The van der Waals surface area contributed by atoms with Gasteiger partial charge in [-0.15, -0.1) is 0 Å². The van der Waals surface area contributed by atoms with Crippen molar-refractivity contribution in [2.75, 3.05) is 18.1 Å². The Morgan fingerprint density at radius 1 is 1.40 bits per heavy atom. The SMILES string of the molecule is CC1(C)CCCN(C(=O)CCSCC(N)=O)C1C(=O)O. The van der Waals surface area contributed by atoms with Crippen LogP contribution < -0.4 is 5.73 Å². The maximum atomic E-state index is 12.2. The molecule has 0 aliphatic carbocycles. The predicted octanol–water partition coefficient (Wildman–Crippen LogP) is 0.697. The molecule has 0 aromatic carbocycles. The molecule has 0 radical (unpaired) electrons. The van der Waals surface area contributed by atoms with Crippen molar-refractivity contribution in [3.8, 4) is 0 Å². The van der Waals surface area contributed by atoms with Gasteiger partial charge in [-0.1, -0.05) is 13.8 Å². The average molecular weight is 302 g/mol. The molecule has 114 valence electrons. The molecule has 6 nitrogen and oxygen atoms in total. The van der Waals surface area contributed by atoms with Crippen molar-refractivity contribution < 1.29 is 19.5 Å². The summed E-state index contributed by atoms with van der Waals surface area (Å²) in [6.45, 7) is 4.25. The van der Waals surface area contributed by atoms with Crippen LogP contribution >= 0.6 is 11.8 Å². The molecule has 0 aromatic rings. The number of carboxylic acids is 1. The van der Waals surface area contributed by atoms with Gasteiger partial charge < -0.3 is 15.7 Å². The van der Waals surface area contributed by atoms with Crippen molar-refractivity contribution in [2.24, 2.45) is 11.1 Å². The van der Waals surface area contributed by atoms with E-state index < -0.39 is 23.3 Å². The van der Waals surface area contributed by atoms with Crippen molar-refractivity contribution in [2.45, 2.75) is 39.2 Å². The predicted molar refractivity (Wildman–Crippen MR) is 77.3 cm³/mol. The van der Waals surface area contributed by atoms with Crippen molar-refractivity contribution in [3.63, 3.8) is 0 Å². The number of hydrogen-bond donors (Lipinski definition) is 2. The summed E-state index contributed by atoms with van der Waals surface area (Å²) in [7, 11) is 0. The highest BCUT2D eigenvalue weighted by atomic mass is 32.2. The summed E-state index contributed by atoms with van der Waals surface area (Å²) in [5.41, 5.74) is 4.60. The van der Waals surface area contributed by atoms with Crippen molar-refractivity contribution in [1.82, 2.24) is 4.90 Å². The third-order valence-electron chi connectivity index (χ3n) is 3.53. The molecule has 3 N–H and O–H groups in total. The number of piperidine rings is 1. The number of carboxylic acid groups (broad SMARTS) is 1. The topological polar surface area (TPSA) is 101 Å². The van der Waals surface area contributed by atoms with Crippen LogP contribution in [0.15, 0.2) is 0 Å². The van der Waals surface area contributed by atoms with E-state index in [1.165, 1.54) is 16.7 Å². The van der Waals surface area contributed by atoms with E-state index >= 15 is 0 Å². The Morgan fingerprint density at radius 2 is 2.05 bits per heavy atom. The molecule has 1 rings (SSSR count). The van der Waals surface area contributed by atoms with Crippen LogP contribution in [-0.2, 0) is 14.4 Å². The summed E-state index contributed by atoms with van der Waals surface area (Å²) in [6.07, 6.45) is 1.85. The van der Waals surface area contributed by atoms with E-state index in [1.54, 1.807) is 0 Å². The van der Waals surface area contributed by atoms with Gasteiger partial charge in [0.05, 0.1) is 5.75 Å². The molecule has 0 spiro atoms. The Bertz CT molecular complexity index is 398. The number of thioether (sulfide) groups is 1. The fourth-order valence-electron chi connectivity index (χ4n) is 2.60. The molecule has 2 amide bonds. The van der Waals surface area contributed by atoms with E-state index in [0.717, 1.165) is 12.8 Å². The molecule has 0 saturated carbocycles. The van der Waals surface area contributed by atoms with Gasteiger partial charge in [-0.05, 0) is 18.3 Å². The van der Waals surface area contributed by atoms with Crippen LogP contribution in [0.2, 0.25) is 0 Å². The number of rotatable bonds is 6. The summed E-state index contributed by atoms with van der Waals surface area (Å²) >= 11 is 1.29. The van der Waals surface area contributed by atoms with Crippen molar-refractivity contribution in [3.05, 3.63) is 0 Å². The van der Waals surface area contributed by atoms with Gasteiger partial charge in [0.15, 0.2) is 0 Å². The molecular weight excluding hydrogens is 280 g/mol. The van der Waals surface area contributed by atoms with E-state index in [4.69, 9.17) is 5.73 Å². The number of carbonyl (C=O) groups excluding carboxylic acids is 2. The van der Waals surface area contributed by atoms with Crippen molar-refractivity contribution in [1.29, 1.82) is 0 Å². The van der Waals surface area contributed by atoms with Gasteiger partial charge >= 0.3 is 5.97 Å². The van der Waals surface area contributed by atoms with Gasteiger partial charge in [-0.3, -0.25) is 9.59 Å². The zero-order chi connectivity index (χ0) is 15.3. The van der Waals surface area contributed by atoms with Gasteiger partial charge in [0, 0.05) is 18.7 Å². The average Bonchev–Trinajstić information content (AvgIpc) is 2.32. The molecule has 1 aliphatic rings. The summed E-state index contributed by atoms with van der Waals surface area (Å²) in [5, 5.41) is 9.38. The van der Waals surface area contributed by atoms with Crippen LogP contribution in [0.25, 0.3) is 0 Å². The highest BCUT2D eigenvalue weighted by molar-refractivity contribution is 7.99. The molecule has 1 heterocycles.